The SMILES string of the molecule is O=C(COc1ccc(Cl)c(F)c1)NC12CCC(NC(=O)COc3ccc(Cl)c(F)c3)(CC1)[C@@H](OC(=O)CCCP(=O)(O)O)C2. The van der Waals surface area contributed by atoms with E-state index < -0.39 is 73.6 Å². The second-order valence-corrected chi connectivity index (χ2v) is 13.5. The van der Waals surface area contributed by atoms with Gasteiger partial charge in [0.15, 0.2) is 13.2 Å². The summed E-state index contributed by atoms with van der Waals surface area (Å²) in [6, 6.07) is 7.52. The molecule has 16 heteroatoms. The van der Waals surface area contributed by atoms with Gasteiger partial charge in [0, 0.05) is 30.5 Å². The van der Waals surface area contributed by atoms with Crippen LogP contribution in [0.5, 0.6) is 11.5 Å². The Balaban J connectivity index is 1.41. The number of carbonyl (C=O) groups excluding carboxylic acids is 3. The van der Waals surface area contributed by atoms with Crippen molar-refractivity contribution in [2.45, 2.75) is 62.1 Å². The molecule has 0 saturated heterocycles. The summed E-state index contributed by atoms with van der Waals surface area (Å²) in [4.78, 5) is 56.7. The zero-order chi connectivity index (χ0) is 32.1. The van der Waals surface area contributed by atoms with E-state index in [1.807, 2.05) is 0 Å². The average Bonchev–Trinajstić information content (AvgIpc) is 2.94. The first-order valence-electron chi connectivity index (χ1n) is 13.7. The molecule has 2 amide bonds. The molecule has 0 aliphatic heterocycles. The van der Waals surface area contributed by atoms with Crippen LogP contribution >= 0.6 is 30.8 Å². The minimum Gasteiger partial charge on any atom is -0.484 e. The molecule has 3 aliphatic carbocycles. The summed E-state index contributed by atoms with van der Waals surface area (Å²) in [5.41, 5.74) is -1.80. The lowest BCUT2D eigenvalue weighted by molar-refractivity contribution is -0.167. The van der Waals surface area contributed by atoms with Crippen LogP contribution in [-0.4, -0.2) is 64.1 Å². The molecular formula is C28H31Cl2F2N2O9P. The molecule has 1 atom stereocenters. The third-order valence-corrected chi connectivity index (χ3v) is 9.22. The van der Waals surface area contributed by atoms with Gasteiger partial charge in [-0.1, -0.05) is 23.2 Å². The molecule has 3 fully saturated rings. The molecule has 3 saturated carbocycles. The molecule has 44 heavy (non-hydrogen) atoms. The maximum atomic E-state index is 13.8. The first-order chi connectivity index (χ1) is 20.7. The van der Waals surface area contributed by atoms with E-state index in [2.05, 4.69) is 10.6 Å². The van der Waals surface area contributed by atoms with Crippen LogP contribution in [-0.2, 0) is 23.7 Å². The highest BCUT2D eigenvalue weighted by atomic mass is 35.5. The number of hydrogen-bond acceptors (Lipinski definition) is 7. The van der Waals surface area contributed by atoms with Crippen LogP contribution in [0.25, 0.3) is 0 Å². The summed E-state index contributed by atoms with van der Waals surface area (Å²) in [5.74, 6) is -2.97. The predicted octanol–water partition coefficient (Wildman–Crippen LogP) is 4.29. The highest BCUT2D eigenvalue weighted by Gasteiger charge is 2.57. The largest absolute Gasteiger partial charge is 0.484 e. The number of amides is 2. The fourth-order valence-corrected chi connectivity index (χ4v) is 6.32. The first-order valence-corrected chi connectivity index (χ1v) is 16.2. The molecule has 2 bridgehead atoms. The number of fused-ring (bicyclic) bond motifs is 3. The number of carbonyl (C=O) groups is 3. The maximum absolute atomic E-state index is 13.8. The van der Waals surface area contributed by atoms with E-state index in [0.29, 0.717) is 25.7 Å². The Kier molecular flexibility index (Phi) is 10.8. The van der Waals surface area contributed by atoms with Crippen LogP contribution < -0.4 is 20.1 Å². The highest BCUT2D eigenvalue weighted by Crippen LogP contribution is 2.48. The highest BCUT2D eigenvalue weighted by molar-refractivity contribution is 7.51. The molecule has 2 aromatic rings. The Hall–Kier alpha value is -2.96. The van der Waals surface area contributed by atoms with E-state index in [-0.39, 0.29) is 40.8 Å². The van der Waals surface area contributed by atoms with E-state index in [1.165, 1.54) is 24.3 Å². The van der Waals surface area contributed by atoms with Crippen molar-refractivity contribution in [3.63, 3.8) is 0 Å². The van der Waals surface area contributed by atoms with Gasteiger partial charge in [0.25, 0.3) is 11.8 Å². The number of nitrogens with one attached hydrogen (secondary N) is 2. The van der Waals surface area contributed by atoms with Gasteiger partial charge in [0.05, 0.1) is 21.7 Å². The lowest BCUT2D eigenvalue weighted by atomic mass is 9.59. The third kappa shape index (κ3) is 9.04. The zero-order valence-corrected chi connectivity index (χ0v) is 25.7. The molecule has 11 nitrogen and oxygen atoms in total. The molecular weight excluding hydrogens is 648 g/mol. The Morgan fingerprint density at radius 1 is 0.886 bits per heavy atom. The Morgan fingerprint density at radius 3 is 1.91 bits per heavy atom. The monoisotopic (exact) mass is 678 g/mol. The van der Waals surface area contributed by atoms with Crippen molar-refractivity contribution in [1.82, 2.24) is 10.6 Å². The standard InChI is InChI=1S/C28H31Cl2F2N2O9P/c29-19-5-3-17(12-21(19)31)41-15-24(35)33-27-7-9-28(10-8-27,23(14-27)43-26(37)2-1-11-44(38,39)40)34-25(36)16-42-18-4-6-20(30)22(32)13-18/h3-6,12-13,23H,1-2,7-11,14-16H2,(H,33,35)(H,34,36)(H2,38,39,40)/t23-,27?,28?/m0/s1. The van der Waals surface area contributed by atoms with Crippen molar-refractivity contribution >= 4 is 48.6 Å². The third-order valence-electron chi connectivity index (χ3n) is 7.71. The Bertz CT molecular complexity index is 1450. The molecule has 0 spiro atoms. The molecule has 0 unspecified atom stereocenters. The fourth-order valence-electron chi connectivity index (χ4n) is 5.51. The molecule has 5 rings (SSSR count). The van der Waals surface area contributed by atoms with Gasteiger partial charge in [-0.2, -0.15) is 0 Å². The van der Waals surface area contributed by atoms with E-state index in [0.717, 1.165) is 12.1 Å². The Labute approximate surface area is 261 Å². The zero-order valence-electron chi connectivity index (χ0n) is 23.3. The van der Waals surface area contributed by atoms with Gasteiger partial charge >= 0.3 is 13.6 Å². The second kappa shape index (κ2) is 14.0. The molecule has 0 radical (unpaired) electrons. The van der Waals surface area contributed by atoms with Crippen molar-refractivity contribution in [3.8, 4) is 11.5 Å². The number of esters is 1. The quantitative estimate of drug-likeness (QED) is 0.179. The van der Waals surface area contributed by atoms with E-state index >= 15 is 0 Å². The summed E-state index contributed by atoms with van der Waals surface area (Å²) < 4.78 is 55.2. The molecule has 3 aliphatic rings. The summed E-state index contributed by atoms with van der Waals surface area (Å²) in [5, 5.41) is 5.67. The van der Waals surface area contributed by atoms with Crippen LogP contribution in [0.4, 0.5) is 8.78 Å². The lowest BCUT2D eigenvalue weighted by Gasteiger charge is -2.57. The van der Waals surface area contributed by atoms with Crippen molar-refractivity contribution < 1.29 is 51.7 Å². The normalized spacial score (nSPS) is 22.6. The summed E-state index contributed by atoms with van der Waals surface area (Å²) in [6.45, 7) is -0.879. The van der Waals surface area contributed by atoms with Crippen LogP contribution in [0.1, 0.15) is 44.9 Å². The second-order valence-electron chi connectivity index (χ2n) is 10.9. The van der Waals surface area contributed by atoms with Crippen LogP contribution in [0.3, 0.4) is 0 Å². The molecule has 2 aromatic carbocycles. The number of rotatable bonds is 13. The number of hydrogen-bond donors (Lipinski definition) is 4. The number of halogens is 4. The topological polar surface area (TPSA) is 160 Å². The van der Waals surface area contributed by atoms with E-state index in [1.54, 1.807) is 0 Å². The summed E-state index contributed by atoms with van der Waals surface area (Å²) in [7, 11) is -4.30. The van der Waals surface area contributed by atoms with Crippen molar-refractivity contribution in [1.29, 1.82) is 0 Å². The Morgan fingerprint density at radius 2 is 1.41 bits per heavy atom. The van der Waals surface area contributed by atoms with Gasteiger partial charge in [0.2, 0.25) is 0 Å². The fraction of sp³-hybridized carbons (Fsp3) is 0.464. The van der Waals surface area contributed by atoms with Crippen molar-refractivity contribution in [2.24, 2.45) is 0 Å². The van der Waals surface area contributed by atoms with E-state index in [4.69, 9.17) is 47.2 Å². The maximum Gasteiger partial charge on any atom is 0.325 e. The minimum absolute atomic E-state index is 0.0881. The van der Waals surface area contributed by atoms with Crippen LogP contribution in [0.2, 0.25) is 10.0 Å². The minimum atomic E-state index is -4.30. The van der Waals surface area contributed by atoms with Crippen LogP contribution in [0.15, 0.2) is 36.4 Å². The summed E-state index contributed by atoms with van der Waals surface area (Å²) in [6.07, 6.45) is -0.134. The van der Waals surface area contributed by atoms with E-state index in [9.17, 15) is 27.7 Å². The van der Waals surface area contributed by atoms with Crippen molar-refractivity contribution in [2.75, 3.05) is 19.4 Å². The van der Waals surface area contributed by atoms with Crippen molar-refractivity contribution in [3.05, 3.63) is 58.1 Å². The predicted molar refractivity (Wildman–Crippen MR) is 155 cm³/mol. The van der Waals surface area contributed by atoms with Gasteiger partial charge in [-0.25, -0.2) is 8.78 Å². The number of benzene rings is 2. The molecule has 0 aromatic heterocycles. The summed E-state index contributed by atoms with van der Waals surface area (Å²) >= 11 is 11.4. The molecule has 4 N–H and O–H groups in total. The number of ether oxygens (including phenoxy) is 3. The first kappa shape index (κ1) is 33.9. The van der Waals surface area contributed by atoms with Crippen LogP contribution in [0, 0.1) is 11.6 Å². The molecule has 0 heterocycles. The molecule has 240 valence electrons. The average molecular weight is 679 g/mol. The smallest absolute Gasteiger partial charge is 0.325 e. The van der Waals surface area contributed by atoms with Gasteiger partial charge in [-0.15, -0.1) is 0 Å². The van der Waals surface area contributed by atoms with Gasteiger partial charge in [0.1, 0.15) is 29.2 Å². The van der Waals surface area contributed by atoms with Gasteiger partial charge in [-0.3, -0.25) is 18.9 Å². The van der Waals surface area contributed by atoms with Gasteiger partial charge < -0.3 is 34.6 Å². The van der Waals surface area contributed by atoms with Gasteiger partial charge in [-0.05, 0) is 56.4 Å². The lowest BCUT2D eigenvalue weighted by Crippen LogP contribution is -2.71.